The summed E-state index contributed by atoms with van der Waals surface area (Å²) in [7, 11) is 0. The van der Waals surface area contributed by atoms with E-state index in [4.69, 9.17) is 4.42 Å². The molecule has 0 fully saturated rings. The standard InChI is InChI=1S/C24H14F5NO4/c1-11-14-9-13(7-8-15(14)34-23(11)22(32)12-5-3-2-4-6-12)30-16(31)10-33-24-20(28)18(26)17(25)19(27)21(24)29/h2-9H,10H2,1H3,(H,30,31). The van der Waals surface area contributed by atoms with Crippen molar-refractivity contribution >= 4 is 28.3 Å². The molecule has 1 aromatic heterocycles. The first-order valence-corrected chi connectivity index (χ1v) is 9.76. The van der Waals surface area contributed by atoms with Crippen molar-refractivity contribution in [2.75, 3.05) is 11.9 Å². The van der Waals surface area contributed by atoms with Gasteiger partial charge in [0.1, 0.15) is 5.58 Å². The fourth-order valence-corrected chi connectivity index (χ4v) is 3.28. The van der Waals surface area contributed by atoms with E-state index in [1.165, 1.54) is 18.2 Å². The minimum atomic E-state index is -2.33. The fraction of sp³-hybridized carbons (Fsp3) is 0.0833. The van der Waals surface area contributed by atoms with E-state index in [1.54, 1.807) is 37.3 Å². The van der Waals surface area contributed by atoms with Crippen molar-refractivity contribution in [2.45, 2.75) is 6.92 Å². The van der Waals surface area contributed by atoms with Crippen LogP contribution < -0.4 is 10.1 Å². The number of anilines is 1. The molecule has 174 valence electrons. The molecule has 0 aliphatic heterocycles. The van der Waals surface area contributed by atoms with Gasteiger partial charge in [-0.25, -0.2) is 13.2 Å². The number of fused-ring (bicyclic) bond motifs is 1. The highest BCUT2D eigenvalue weighted by Crippen LogP contribution is 2.31. The minimum absolute atomic E-state index is 0.124. The van der Waals surface area contributed by atoms with Crippen LogP contribution in [-0.2, 0) is 4.79 Å². The number of ether oxygens (including phenoxy) is 1. The number of carbonyl (C=O) groups is 2. The van der Waals surface area contributed by atoms with Crippen LogP contribution in [0, 0.1) is 36.0 Å². The highest BCUT2D eigenvalue weighted by Gasteiger charge is 2.27. The summed E-state index contributed by atoms with van der Waals surface area (Å²) in [4.78, 5) is 24.9. The quantitative estimate of drug-likeness (QED) is 0.169. The molecule has 0 radical (unpaired) electrons. The highest BCUT2D eigenvalue weighted by molar-refractivity contribution is 6.10. The maximum atomic E-state index is 13.7. The number of furan rings is 1. The van der Waals surface area contributed by atoms with Crippen LogP contribution in [0.15, 0.2) is 52.9 Å². The Labute approximate surface area is 188 Å². The second kappa shape index (κ2) is 8.97. The lowest BCUT2D eigenvalue weighted by molar-refractivity contribution is -0.118. The largest absolute Gasteiger partial charge is 0.477 e. The molecule has 5 nitrogen and oxygen atoms in total. The minimum Gasteiger partial charge on any atom is -0.477 e. The lowest BCUT2D eigenvalue weighted by atomic mass is 10.0. The van der Waals surface area contributed by atoms with Crippen molar-refractivity contribution < 1.29 is 40.7 Å². The van der Waals surface area contributed by atoms with Crippen LogP contribution in [0.5, 0.6) is 5.75 Å². The second-order valence-electron chi connectivity index (χ2n) is 7.20. The van der Waals surface area contributed by atoms with Gasteiger partial charge in [-0.05, 0) is 25.1 Å². The molecule has 0 unspecified atom stereocenters. The van der Waals surface area contributed by atoms with E-state index in [0.29, 0.717) is 22.1 Å². The molecule has 0 bridgehead atoms. The summed E-state index contributed by atoms with van der Waals surface area (Å²) in [6.07, 6.45) is 0. The van der Waals surface area contributed by atoms with Crippen molar-refractivity contribution in [1.29, 1.82) is 0 Å². The maximum absolute atomic E-state index is 13.7. The smallest absolute Gasteiger partial charge is 0.262 e. The van der Waals surface area contributed by atoms with Crippen LogP contribution in [0.1, 0.15) is 21.7 Å². The number of hydrogen-bond acceptors (Lipinski definition) is 4. The molecular weight excluding hydrogens is 461 g/mol. The van der Waals surface area contributed by atoms with Crippen LogP contribution >= 0.6 is 0 Å². The number of carbonyl (C=O) groups excluding carboxylic acids is 2. The average Bonchev–Trinajstić information content (AvgIpc) is 3.17. The van der Waals surface area contributed by atoms with Crippen molar-refractivity contribution in [3.8, 4) is 5.75 Å². The number of ketones is 1. The Morgan fingerprint density at radius 1 is 0.882 bits per heavy atom. The number of aryl methyl sites for hydroxylation is 1. The van der Waals surface area contributed by atoms with E-state index in [9.17, 15) is 31.5 Å². The SMILES string of the molecule is Cc1c(C(=O)c2ccccc2)oc2ccc(NC(=O)COc3c(F)c(F)c(F)c(F)c3F)cc12. The van der Waals surface area contributed by atoms with Crippen molar-refractivity contribution in [2.24, 2.45) is 0 Å². The van der Waals surface area contributed by atoms with Crippen LogP contribution in [0.2, 0.25) is 0 Å². The van der Waals surface area contributed by atoms with E-state index in [1.807, 2.05) is 0 Å². The van der Waals surface area contributed by atoms with Crippen molar-refractivity contribution in [3.63, 3.8) is 0 Å². The predicted molar refractivity (Wildman–Crippen MR) is 111 cm³/mol. The lowest BCUT2D eigenvalue weighted by Gasteiger charge is -2.10. The number of rotatable bonds is 6. The topological polar surface area (TPSA) is 68.5 Å². The molecule has 4 aromatic rings. The molecule has 10 heteroatoms. The molecule has 4 rings (SSSR count). The molecule has 0 aliphatic rings. The van der Waals surface area contributed by atoms with Crippen LogP contribution in [-0.4, -0.2) is 18.3 Å². The average molecular weight is 475 g/mol. The number of halogens is 5. The van der Waals surface area contributed by atoms with Gasteiger partial charge in [0.15, 0.2) is 18.1 Å². The molecule has 34 heavy (non-hydrogen) atoms. The van der Waals surface area contributed by atoms with Crippen molar-refractivity contribution in [1.82, 2.24) is 0 Å². The fourth-order valence-electron chi connectivity index (χ4n) is 3.28. The molecule has 3 aromatic carbocycles. The summed E-state index contributed by atoms with van der Waals surface area (Å²) in [6.45, 7) is 0.637. The van der Waals surface area contributed by atoms with Crippen LogP contribution in [0.25, 0.3) is 11.0 Å². The Morgan fingerprint density at radius 2 is 1.50 bits per heavy atom. The molecule has 1 amide bonds. The van der Waals surface area contributed by atoms with Gasteiger partial charge in [0.05, 0.1) is 0 Å². The zero-order chi connectivity index (χ0) is 24.6. The number of benzene rings is 3. The Balaban J connectivity index is 1.51. The third-order valence-electron chi connectivity index (χ3n) is 4.98. The molecule has 1 N–H and O–H groups in total. The van der Waals surface area contributed by atoms with Gasteiger partial charge >= 0.3 is 0 Å². The Kier molecular flexibility index (Phi) is 6.06. The highest BCUT2D eigenvalue weighted by atomic mass is 19.2. The van der Waals surface area contributed by atoms with E-state index >= 15 is 0 Å². The van der Waals surface area contributed by atoms with E-state index in [2.05, 4.69) is 10.1 Å². The monoisotopic (exact) mass is 475 g/mol. The first-order chi connectivity index (χ1) is 16.2. The Hall–Kier alpha value is -4.21. The van der Waals surface area contributed by atoms with Gasteiger partial charge in [-0.15, -0.1) is 0 Å². The third-order valence-corrected chi connectivity index (χ3v) is 4.98. The van der Waals surface area contributed by atoms with E-state index in [0.717, 1.165) is 0 Å². The maximum Gasteiger partial charge on any atom is 0.262 e. The first-order valence-electron chi connectivity index (χ1n) is 9.76. The van der Waals surface area contributed by atoms with E-state index < -0.39 is 47.3 Å². The number of hydrogen-bond donors (Lipinski definition) is 1. The molecule has 0 spiro atoms. The predicted octanol–water partition coefficient (Wildman–Crippen LogP) is 5.69. The molecule has 0 saturated carbocycles. The van der Waals surface area contributed by atoms with E-state index in [-0.39, 0.29) is 17.2 Å². The number of nitrogens with one attached hydrogen (secondary N) is 1. The van der Waals surface area contributed by atoms with Gasteiger partial charge in [0.25, 0.3) is 5.91 Å². The van der Waals surface area contributed by atoms with Gasteiger partial charge in [0, 0.05) is 22.2 Å². The van der Waals surface area contributed by atoms with Gasteiger partial charge < -0.3 is 14.5 Å². The van der Waals surface area contributed by atoms with Gasteiger partial charge in [-0.2, -0.15) is 8.78 Å². The number of amides is 1. The molecule has 0 atom stereocenters. The first kappa shape index (κ1) is 23.0. The molecule has 0 aliphatic carbocycles. The van der Waals surface area contributed by atoms with Gasteiger partial charge in [-0.3, -0.25) is 9.59 Å². The summed E-state index contributed by atoms with van der Waals surface area (Å²) in [6, 6.07) is 12.9. The zero-order valence-electron chi connectivity index (χ0n) is 17.3. The van der Waals surface area contributed by atoms with Gasteiger partial charge in [-0.1, -0.05) is 30.3 Å². The second-order valence-corrected chi connectivity index (χ2v) is 7.20. The molecule has 0 saturated heterocycles. The summed E-state index contributed by atoms with van der Waals surface area (Å²) in [5.74, 6) is -13.8. The zero-order valence-corrected chi connectivity index (χ0v) is 17.3. The van der Waals surface area contributed by atoms with Gasteiger partial charge in [0.2, 0.25) is 34.9 Å². The third kappa shape index (κ3) is 4.09. The van der Waals surface area contributed by atoms with Crippen molar-refractivity contribution in [3.05, 3.63) is 94.5 Å². The summed E-state index contributed by atoms with van der Waals surface area (Å²) in [5.41, 5.74) is 1.56. The van der Waals surface area contributed by atoms with Crippen LogP contribution in [0.4, 0.5) is 27.6 Å². The normalized spacial score (nSPS) is 11.0. The molecular formula is C24H14F5NO4. The summed E-state index contributed by atoms with van der Waals surface area (Å²) in [5, 5.41) is 2.91. The summed E-state index contributed by atoms with van der Waals surface area (Å²) < 4.78 is 77.2. The van der Waals surface area contributed by atoms with Crippen LogP contribution in [0.3, 0.4) is 0 Å². The molecule has 1 heterocycles. The lowest BCUT2D eigenvalue weighted by Crippen LogP contribution is -2.21. The summed E-state index contributed by atoms with van der Waals surface area (Å²) >= 11 is 0. The Morgan fingerprint density at radius 3 is 2.15 bits per heavy atom. The Bertz CT molecular complexity index is 1400.